The Balaban J connectivity index is 2.17. The quantitative estimate of drug-likeness (QED) is 0.787. The summed E-state index contributed by atoms with van der Waals surface area (Å²) in [6.45, 7) is 0. The van der Waals surface area contributed by atoms with Crippen LogP contribution in [0.15, 0.2) is 48.0 Å². The normalized spacial score (nSPS) is 13.1. The van der Waals surface area contributed by atoms with Crippen molar-refractivity contribution in [3.05, 3.63) is 53.7 Å². The Morgan fingerprint density at radius 2 is 1.82 bits per heavy atom. The van der Waals surface area contributed by atoms with Crippen molar-refractivity contribution in [3.63, 3.8) is 0 Å². The second-order valence-corrected chi connectivity index (χ2v) is 3.86. The van der Waals surface area contributed by atoms with E-state index in [2.05, 4.69) is 0 Å². The molecule has 1 N–H and O–H groups in total. The lowest BCUT2D eigenvalue weighted by molar-refractivity contribution is 1.15. The zero-order valence-corrected chi connectivity index (χ0v) is 9.01. The van der Waals surface area contributed by atoms with Crippen molar-refractivity contribution in [1.29, 1.82) is 10.7 Å². The minimum Gasteiger partial charge on any atom is -0.294 e. The zero-order chi connectivity index (χ0) is 11.8. The molecule has 1 aromatic carbocycles. The van der Waals surface area contributed by atoms with E-state index in [4.69, 9.17) is 10.7 Å². The molecule has 0 saturated carbocycles. The van der Waals surface area contributed by atoms with Gasteiger partial charge >= 0.3 is 0 Å². The molecule has 0 saturated heterocycles. The van der Waals surface area contributed by atoms with Crippen molar-refractivity contribution in [1.82, 2.24) is 4.57 Å². The van der Waals surface area contributed by atoms with Crippen LogP contribution in [0, 0.1) is 16.7 Å². The molecule has 3 rings (SSSR count). The van der Waals surface area contributed by atoms with E-state index in [1.54, 1.807) is 10.6 Å². The van der Waals surface area contributed by atoms with Gasteiger partial charge < -0.3 is 0 Å². The standard InChI is InChI=1S/C14H9N3/c15-9-11-8-12-6-7-13(17(12)14(11)16)10-4-2-1-3-5-10/h1-8,16H. The fraction of sp³-hybridized carbons (Fsp3) is 0. The molecule has 2 heterocycles. The molecule has 0 amide bonds. The minimum atomic E-state index is 0.256. The van der Waals surface area contributed by atoms with E-state index in [0.717, 1.165) is 17.0 Å². The topological polar surface area (TPSA) is 52.6 Å². The first-order valence-electron chi connectivity index (χ1n) is 5.29. The van der Waals surface area contributed by atoms with Crippen LogP contribution in [0.1, 0.15) is 5.69 Å². The Morgan fingerprint density at radius 1 is 1.06 bits per heavy atom. The van der Waals surface area contributed by atoms with E-state index in [1.807, 2.05) is 48.5 Å². The molecule has 1 aliphatic rings. The fourth-order valence-electron chi connectivity index (χ4n) is 2.07. The molecule has 0 fully saturated rings. The largest absolute Gasteiger partial charge is 0.294 e. The lowest BCUT2D eigenvalue weighted by atomic mass is 10.1. The minimum absolute atomic E-state index is 0.256. The van der Waals surface area contributed by atoms with Crippen molar-refractivity contribution < 1.29 is 0 Å². The van der Waals surface area contributed by atoms with Gasteiger partial charge in [0.25, 0.3) is 0 Å². The van der Waals surface area contributed by atoms with Crippen molar-refractivity contribution in [2.75, 3.05) is 0 Å². The molecule has 3 nitrogen and oxygen atoms in total. The predicted octanol–water partition coefficient (Wildman–Crippen LogP) is 2.90. The number of hydrogen-bond donors (Lipinski definition) is 1. The van der Waals surface area contributed by atoms with Crippen molar-refractivity contribution in [3.8, 4) is 17.3 Å². The summed E-state index contributed by atoms with van der Waals surface area (Å²) in [4.78, 5) is 0. The average Bonchev–Trinajstić information content (AvgIpc) is 2.91. The molecule has 1 aromatic heterocycles. The Bertz CT molecular complexity index is 669. The van der Waals surface area contributed by atoms with Crippen molar-refractivity contribution in [2.45, 2.75) is 0 Å². The van der Waals surface area contributed by atoms with E-state index in [9.17, 15) is 0 Å². The maximum absolute atomic E-state index is 8.92. The Labute approximate surface area is 98.7 Å². The van der Waals surface area contributed by atoms with Gasteiger partial charge in [-0.3, -0.25) is 9.98 Å². The predicted molar refractivity (Wildman–Crippen MR) is 66.6 cm³/mol. The SMILES string of the molecule is N#CC1=Cc2ccc(-c3ccccc3)n2C1=N. The number of rotatable bonds is 1. The van der Waals surface area contributed by atoms with Crippen LogP contribution in [-0.2, 0) is 0 Å². The molecular weight excluding hydrogens is 210 g/mol. The summed E-state index contributed by atoms with van der Waals surface area (Å²) in [7, 11) is 0. The summed E-state index contributed by atoms with van der Waals surface area (Å²) in [6, 6.07) is 15.8. The van der Waals surface area contributed by atoms with Gasteiger partial charge in [-0.2, -0.15) is 5.26 Å². The maximum Gasteiger partial charge on any atom is 0.148 e. The fourth-order valence-corrected chi connectivity index (χ4v) is 2.07. The van der Waals surface area contributed by atoms with Crippen molar-refractivity contribution >= 4 is 11.9 Å². The summed E-state index contributed by atoms with van der Waals surface area (Å²) in [5.74, 6) is 0.256. The molecular formula is C14H9N3. The second kappa shape index (κ2) is 3.46. The lowest BCUT2D eigenvalue weighted by Crippen LogP contribution is -2.09. The molecule has 80 valence electrons. The molecule has 0 radical (unpaired) electrons. The first-order chi connectivity index (χ1) is 8.31. The summed E-state index contributed by atoms with van der Waals surface area (Å²) >= 11 is 0. The molecule has 17 heavy (non-hydrogen) atoms. The van der Waals surface area contributed by atoms with E-state index in [-0.39, 0.29) is 5.84 Å². The Hall–Kier alpha value is -2.60. The molecule has 0 aliphatic carbocycles. The first kappa shape index (κ1) is 9.61. The number of fused-ring (bicyclic) bond motifs is 1. The highest BCUT2D eigenvalue weighted by Crippen LogP contribution is 2.28. The molecule has 0 unspecified atom stereocenters. The highest BCUT2D eigenvalue weighted by Gasteiger charge is 2.21. The monoisotopic (exact) mass is 219 g/mol. The van der Waals surface area contributed by atoms with E-state index >= 15 is 0 Å². The van der Waals surface area contributed by atoms with Gasteiger partial charge in [-0.1, -0.05) is 30.3 Å². The number of nitrogens with zero attached hydrogens (tertiary/aromatic N) is 2. The lowest BCUT2D eigenvalue weighted by Gasteiger charge is -2.07. The molecule has 0 bridgehead atoms. The molecule has 0 atom stereocenters. The van der Waals surface area contributed by atoms with Crippen LogP contribution in [0.4, 0.5) is 0 Å². The smallest absolute Gasteiger partial charge is 0.148 e. The number of hydrogen-bond acceptors (Lipinski definition) is 2. The summed E-state index contributed by atoms with van der Waals surface area (Å²) < 4.78 is 1.80. The summed E-state index contributed by atoms with van der Waals surface area (Å²) in [6.07, 6.45) is 1.74. The highest BCUT2D eigenvalue weighted by atomic mass is 15.1. The number of nitriles is 1. The summed E-state index contributed by atoms with van der Waals surface area (Å²) in [5, 5.41) is 16.9. The third-order valence-corrected chi connectivity index (χ3v) is 2.87. The van der Waals surface area contributed by atoms with Crippen LogP contribution in [0.25, 0.3) is 17.3 Å². The van der Waals surface area contributed by atoms with Gasteiger partial charge in [-0.25, -0.2) is 0 Å². The third kappa shape index (κ3) is 1.31. The Morgan fingerprint density at radius 3 is 2.53 bits per heavy atom. The van der Waals surface area contributed by atoms with Gasteiger partial charge in [0, 0.05) is 5.69 Å². The van der Waals surface area contributed by atoms with Crippen LogP contribution >= 0.6 is 0 Å². The van der Waals surface area contributed by atoms with Crippen LogP contribution in [0.5, 0.6) is 0 Å². The van der Waals surface area contributed by atoms with Gasteiger partial charge in [0.15, 0.2) is 0 Å². The number of nitrogens with one attached hydrogen (secondary N) is 1. The van der Waals surface area contributed by atoms with Crippen LogP contribution in [0.2, 0.25) is 0 Å². The van der Waals surface area contributed by atoms with Crippen LogP contribution < -0.4 is 0 Å². The second-order valence-electron chi connectivity index (χ2n) is 3.86. The molecule has 1 aliphatic heterocycles. The molecule has 2 aromatic rings. The number of benzene rings is 1. The van der Waals surface area contributed by atoms with Gasteiger partial charge in [-0.05, 0) is 23.8 Å². The third-order valence-electron chi connectivity index (χ3n) is 2.87. The van der Waals surface area contributed by atoms with Gasteiger partial charge in [0.1, 0.15) is 11.9 Å². The molecule has 0 spiro atoms. The van der Waals surface area contributed by atoms with Crippen molar-refractivity contribution in [2.24, 2.45) is 0 Å². The number of allylic oxidation sites excluding steroid dienone is 1. The Kier molecular flexibility index (Phi) is 1.96. The van der Waals surface area contributed by atoms with E-state index < -0.39 is 0 Å². The zero-order valence-electron chi connectivity index (χ0n) is 9.01. The summed E-state index contributed by atoms with van der Waals surface area (Å²) in [5.41, 5.74) is 3.31. The number of aromatic nitrogens is 1. The van der Waals surface area contributed by atoms with Crippen LogP contribution in [0.3, 0.4) is 0 Å². The van der Waals surface area contributed by atoms with E-state index in [0.29, 0.717) is 5.57 Å². The maximum atomic E-state index is 8.92. The van der Waals surface area contributed by atoms with Gasteiger partial charge in [0.2, 0.25) is 0 Å². The van der Waals surface area contributed by atoms with E-state index in [1.165, 1.54) is 0 Å². The average molecular weight is 219 g/mol. The van der Waals surface area contributed by atoms with Gasteiger partial charge in [-0.15, -0.1) is 0 Å². The van der Waals surface area contributed by atoms with Crippen LogP contribution in [-0.4, -0.2) is 10.4 Å². The van der Waals surface area contributed by atoms with Gasteiger partial charge in [0.05, 0.1) is 11.3 Å². The highest BCUT2D eigenvalue weighted by molar-refractivity contribution is 6.11. The molecule has 3 heteroatoms. The first-order valence-corrected chi connectivity index (χ1v) is 5.29.